The number of aromatic nitrogens is 5. The summed E-state index contributed by atoms with van der Waals surface area (Å²) in [5.74, 6) is 2.14. The molecule has 0 unspecified atom stereocenters. The monoisotopic (exact) mass is 553 g/mol. The number of aryl methyl sites for hydroxylation is 1. The number of benzene rings is 1. The van der Waals surface area contributed by atoms with Crippen molar-refractivity contribution in [2.24, 2.45) is 5.92 Å². The number of nitrogens with zero attached hydrogens (tertiary/aromatic N) is 6. The molecule has 4 aromatic rings. The van der Waals surface area contributed by atoms with Gasteiger partial charge in [0.1, 0.15) is 17.3 Å². The van der Waals surface area contributed by atoms with Crippen LogP contribution in [0.2, 0.25) is 0 Å². The van der Waals surface area contributed by atoms with E-state index >= 15 is 0 Å². The number of hydrogen-bond donors (Lipinski definition) is 3. The molecule has 5 rings (SSSR count). The van der Waals surface area contributed by atoms with Crippen LogP contribution >= 0.6 is 0 Å². The van der Waals surface area contributed by atoms with Gasteiger partial charge in [-0.15, -0.1) is 0 Å². The van der Waals surface area contributed by atoms with Crippen LogP contribution in [0.1, 0.15) is 25.1 Å². The molecule has 212 valence electrons. The fraction of sp³-hybridized carbons (Fsp3) is 0.333. The fourth-order valence-corrected chi connectivity index (χ4v) is 4.45. The highest BCUT2D eigenvalue weighted by atomic mass is 16.5. The van der Waals surface area contributed by atoms with E-state index < -0.39 is 0 Å². The highest BCUT2D eigenvalue weighted by Gasteiger charge is 2.18. The summed E-state index contributed by atoms with van der Waals surface area (Å²) in [7, 11) is 0. The summed E-state index contributed by atoms with van der Waals surface area (Å²) < 4.78 is 5.49. The van der Waals surface area contributed by atoms with Gasteiger partial charge in [-0.1, -0.05) is 19.9 Å². The summed E-state index contributed by atoms with van der Waals surface area (Å²) in [6.07, 6.45) is 3.54. The first-order valence-corrected chi connectivity index (χ1v) is 13.8. The molecule has 11 heteroatoms. The van der Waals surface area contributed by atoms with Crippen LogP contribution in [-0.2, 0) is 16.0 Å². The molecule has 1 aliphatic rings. The molecule has 0 bridgehead atoms. The van der Waals surface area contributed by atoms with E-state index in [1.807, 2.05) is 57.2 Å². The van der Waals surface area contributed by atoms with E-state index in [9.17, 15) is 4.79 Å². The smallest absolute Gasteiger partial charge is 0.310 e. The third kappa shape index (κ3) is 7.73. The lowest BCUT2D eigenvalue weighted by molar-refractivity contribution is -0.143. The zero-order valence-electron chi connectivity index (χ0n) is 23.6. The number of carbonyl (C=O) groups excluding carboxylic acids is 1. The van der Waals surface area contributed by atoms with Crippen LogP contribution in [0, 0.1) is 12.8 Å². The molecule has 1 saturated heterocycles. The average Bonchev–Trinajstić information content (AvgIpc) is 2.97. The number of pyridine rings is 1. The van der Waals surface area contributed by atoms with Gasteiger partial charge in [-0.3, -0.25) is 4.79 Å². The number of anilines is 5. The average molecular weight is 554 g/mol. The SMILES string of the molecule is Cc1cccc(-c2nccc(Nc3ccnc(Nc4ccc(N5CCNCC5)c(CC(=O)OCC(C)C)c4)n3)n2)n1. The predicted octanol–water partition coefficient (Wildman–Crippen LogP) is 4.28. The molecule has 1 aliphatic heterocycles. The summed E-state index contributed by atoms with van der Waals surface area (Å²) >= 11 is 0. The predicted molar refractivity (Wildman–Crippen MR) is 160 cm³/mol. The molecule has 4 heterocycles. The van der Waals surface area contributed by atoms with Crippen LogP contribution in [0.15, 0.2) is 60.9 Å². The zero-order valence-corrected chi connectivity index (χ0v) is 23.6. The second kappa shape index (κ2) is 13.1. The Morgan fingerprint density at radius 1 is 0.976 bits per heavy atom. The molecule has 0 atom stereocenters. The van der Waals surface area contributed by atoms with Crippen molar-refractivity contribution in [3.05, 3.63) is 72.2 Å². The van der Waals surface area contributed by atoms with Gasteiger partial charge in [-0.05, 0) is 60.9 Å². The van der Waals surface area contributed by atoms with Crippen molar-refractivity contribution in [1.82, 2.24) is 30.2 Å². The maximum absolute atomic E-state index is 12.7. The summed E-state index contributed by atoms with van der Waals surface area (Å²) in [4.78, 5) is 37.4. The van der Waals surface area contributed by atoms with Gasteiger partial charge < -0.3 is 25.6 Å². The van der Waals surface area contributed by atoms with Gasteiger partial charge in [0.05, 0.1) is 13.0 Å². The molecule has 41 heavy (non-hydrogen) atoms. The number of hydrogen-bond acceptors (Lipinski definition) is 11. The third-order valence-electron chi connectivity index (χ3n) is 6.39. The first-order valence-electron chi connectivity index (χ1n) is 13.8. The maximum Gasteiger partial charge on any atom is 0.310 e. The minimum Gasteiger partial charge on any atom is -0.465 e. The van der Waals surface area contributed by atoms with Crippen molar-refractivity contribution in [2.75, 3.05) is 48.3 Å². The standard InChI is InChI=1S/C30H35N9O2/c1-20(2)19-41-28(40)18-22-17-23(7-8-25(22)39-15-13-31-14-16-39)35-30-33-12-10-27(38-30)36-26-9-11-32-29(37-26)24-6-4-5-21(3)34-24/h4-12,17,20,31H,13-16,18-19H2,1-3H3,(H2,32,33,35,36,37,38). The zero-order chi connectivity index (χ0) is 28.6. The van der Waals surface area contributed by atoms with Crippen LogP contribution in [0.5, 0.6) is 0 Å². The number of piperazine rings is 1. The lowest BCUT2D eigenvalue weighted by Gasteiger charge is -2.31. The number of nitrogens with one attached hydrogen (secondary N) is 3. The summed E-state index contributed by atoms with van der Waals surface area (Å²) in [5.41, 5.74) is 4.32. The van der Waals surface area contributed by atoms with E-state index in [1.165, 1.54) is 0 Å². The van der Waals surface area contributed by atoms with E-state index in [4.69, 9.17) is 4.74 Å². The Kier molecular flexibility index (Phi) is 8.95. The van der Waals surface area contributed by atoms with E-state index in [-0.39, 0.29) is 18.3 Å². The molecule has 1 fully saturated rings. The molecular weight excluding hydrogens is 518 g/mol. The maximum atomic E-state index is 12.7. The van der Waals surface area contributed by atoms with Gasteiger partial charge >= 0.3 is 5.97 Å². The Labute approximate surface area is 239 Å². The molecule has 1 aromatic carbocycles. The van der Waals surface area contributed by atoms with Crippen LogP contribution < -0.4 is 20.9 Å². The lowest BCUT2D eigenvalue weighted by Crippen LogP contribution is -2.44. The highest BCUT2D eigenvalue weighted by molar-refractivity contribution is 5.77. The molecule has 0 spiro atoms. The minimum atomic E-state index is -0.236. The second-order valence-electron chi connectivity index (χ2n) is 10.3. The van der Waals surface area contributed by atoms with Gasteiger partial charge in [-0.25, -0.2) is 19.9 Å². The molecule has 11 nitrogen and oxygen atoms in total. The van der Waals surface area contributed by atoms with Crippen molar-refractivity contribution < 1.29 is 9.53 Å². The van der Waals surface area contributed by atoms with E-state index in [0.29, 0.717) is 35.7 Å². The minimum absolute atomic E-state index is 0.190. The molecule has 0 amide bonds. The first-order chi connectivity index (χ1) is 19.9. The van der Waals surface area contributed by atoms with Crippen LogP contribution in [-0.4, -0.2) is 63.7 Å². The number of ether oxygens (including phenoxy) is 1. The second-order valence-corrected chi connectivity index (χ2v) is 10.3. The molecule has 0 radical (unpaired) electrons. The van der Waals surface area contributed by atoms with E-state index in [0.717, 1.165) is 48.8 Å². The Bertz CT molecular complexity index is 1490. The van der Waals surface area contributed by atoms with Crippen LogP contribution in [0.4, 0.5) is 29.0 Å². The van der Waals surface area contributed by atoms with Crippen LogP contribution in [0.25, 0.3) is 11.5 Å². The highest BCUT2D eigenvalue weighted by Crippen LogP contribution is 2.27. The molecule has 0 aliphatic carbocycles. The first kappa shape index (κ1) is 27.9. The van der Waals surface area contributed by atoms with Crippen molar-refractivity contribution in [3.63, 3.8) is 0 Å². The third-order valence-corrected chi connectivity index (χ3v) is 6.39. The normalized spacial score (nSPS) is 13.2. The summed E-state index contributed by atoms with van der Waals surface area (Å²) in [6.45, 7) is 9.95. The Morgan fingerprint density at radius 2 is 1.76 bits per heavy atom. The Morgan fingerprint density at radius 3 is 2.54 bits per heavy atom. The van der Waals surface area contributed by atoms with Gasteiger partial charge in [0.25, 0.3) is 0 Å². The Balaban J connectivity index is 1.32. The van der Waals surface area contributed by atoms with E-state index in [1.54, 1.807) is 24.5 Å². The molecular formula is C30H35N9O2. The lowest BCUT2D eigenvalue weighted by atomic mass is 10.1. The van der Waals surface area contributed by atoms with Gasteiger partial charge in [0.2, 0.25) is 5.95 Å². The van der Waals surface area contributed by atoms with Crippen molar-refractivity contribution in [3.8, 4) is 11.5 Å². The largest absolute Gasteiger partial charge is 0.465 e. The summed E-state index contributed by atoms with van der Waals surface area (Å²) in [6, 6.07) is 15.3. The van der Waals surface area contributed by atoms with Gasteiger partial charge in [0, 0.05) is 55.6 Å². The molecule has 3 N–H and O–H groups in total. The quantitative estimate of drug-likeness (QED) is 0.243. The van der Waals surface area contributed by atoms with Gasteiger partial charge in [-0.2, -0.15) is 4.98 Å². The van der Waals surface area contributed by atoms with E-state index in [2.05, 4.69) is 45.8 Å². The van der Waals surface area contributed by atoms with Crippen molar-refractivity contribution in [2.45, 2.75) is 27.2 Å². The molecule has 3 aromatic heterocycles. The fourth-order valence-electron chi connectivity index (χ4n) is 4.45. The number of esters is 1. The number of rotatable bonds is 10. The topological polar surface area (TPSA) is 130 Å². The number of carbonyl (C=O) groups is 1. The summed E-state index contributed by atoms with van der Waals surface area (Å²) in [5, 5.41) is 9.88. The van der Waals surface area contributed by atoms with Crippen molar-refractivity contribution in [1.29, 1.82) is 0 Å². The van der Waals surface area contributed by atoms with Gasteiger partial charge in [0.15, 0.2) is 5.82 Å². The van der Waals surface area contributed by atoms with Crippen molar-refractivity contribution >= 4 is 34.9 Å². The van der Waals surface area contributed by atoms with Crippen LogP contribution in [0.3, 0.4) is 0 Å². The molecule has 0 saturated carbocycles. The Hall–Kier alpha value is -4.64.